The van der Waals surface area contributed by atoms with Crippen LogP contribution in [0.5, 0.6) is 0 Å². The van der Waals surface area contributed by atoms with Gasteiger partial charge < -0.3 is 10.2 Å². The highest BCUT2D eigenvalue weighted by Gasteiger charge is 2.21. The summed E-state index contributed by atoms with van der Waals surface area (Å²) in [5.74, 6) is 0. The van der Waals surface area contributed by atoms with Gasteiger partial charge in [0.25, 0.3) is 0 Å². The zero-order valence-electron chi connectivity index (χ0n) is 10.7. The van der Waals surface area contributed by atoms with E-state index >= 15 is 0 Å². The summed E-state index contributed by atoms with van der Waals surface area (Å²) < 4.78 is 0. The Hall–Kier alpha value is -0.860. The first-order valence-electron chi connectivity index (χ1n) is 6.85. The van der Waals surface area contributed by atoms with Gasteiger partial charge in [-0.25, -0.2) is 0 Å². The van der Waals surface area contributed by atoms with Crippen molar-refractivity contribution < 1.29 is 0 Å². The van der Waals surface area contributed by atoms with Crippen LogP contribution in [0, 0.1) is 6.92 Å². The molecule has 0 aromatic heterocycles. The Morgan fingerprint density at radius 2 is 2.06 bits per heavy atom. The van der Waals surface area contributed by atoms with Gasteiger partial charge in [-0.2, -0.15) is 0 Å². The van der Waals surface area contributed by atoms with Gasteiger partial charge in [-0.05, 0) is 50.4 Å². The lowest BCUT2D eigenvalue weighted by atomic mass is 9.94. The van der Waals surface area contributed by atoms with Gasteiger partial charge in [0.1, 0.15) is 0 Å². The summed E-state index contributed by atoms with van der Waals surface area (Å²) in [5.41, 5.74) is 4.43. The van der Waals surface area contributed by atoms with Gasteiger partial charge in [-0.3, -0.25) is 0 Å². The number of aryl methyl sites for hydroxylation is 1. The molecular formula is C15H22N2. The highest BCUT2D eigenvalue weighted by atomic mass is 15.2. The van der Waals surface area contributed by atoms with E-state index in [-0.39, 0.29) is 0 Å². The molecule has 1 atom stereocenters. The van der Waals surface area contributed by atoms with Crippen LogP contribution in [-0.4, -0.2) is 30.6 Å². The summed E-state index contributed by atoms with van der Waals surface area (Å²) >= 11 is 0. The molecule has 2 heterocycles. The van der Waals surface area contributed by atoms with Gasteiger partial charge >= 0.3 is 0 Å². The van der Waals surface area contributed by atoms with Crippen LogP contribution in [0.4, 0.5) is 0 Å². The minimum absolute atomic E-state index is 0.656. The lowest BCUT2D eigenvalue weighted by Gasteiger charge is -2.29. The van der Waals surface area contributed by atoms with Crippen LogP contribution in [0.25, 0.3) is 0 Å². The van der Waals surface area contributed by atoms with Crippen molar-refractivity contribution in [2.45, 2.75) is 38.8 Å². The Morgan fingerprint density at radius 3 is 2.88 bits per heavy atom. The van der Waals surface area contributed by atoms with Crippen LogP contribution >= 0.6 is 0 Å². The molecule has 0 bridgehead atoms. The third kappa shape index (κ3) is 2.53. The number of nitrogens with zero attached hydrogens (tertiary/aromatic N) is 1. The van der Waals surface area contributed by atoms with Gasteiger partial charge in [0.15, 0.2) is 0 Å². The van der Waals surface area contributed by atoms with Gasteiger partial charge in [-0.15, -0.1) is 0 Å². The van der Waals surface area contributed by atoms with E-state index in [9.17, 15) is 0 Å². The maximum absolute atomic E-state index is 3.69. The summed E-state index contributed by atoms with van der Waals surface area (Å²) in [6.45, 7) is 7.07. The summed E-state index contributed by atoms with van der Waals surface area (Å²) in [5, 5.41) is 3.69. The lowest BCUT2D eigenvalue weighted by Crippen LogP contribution is -2.43. The van der Waals surface area contributed by atoms with E-state index in [1.165, 1.54) is 50.0 Å². The molecule has 1 saturated heterocycles. The molecule has 17 heavy (non-hydrogen) atoms. The van der Waals surface area contributed by atoms with Gasteiger partial charge in [0.05, 0.1) is 0 Å². The molecule has 0 spiro atoms. The third-order valence-corrected chi connectivity index (χ3v) is 4.09. The van der Waals surface area contributed by atoms with E-state index in [2.05, 4.69) is 35.3 Å². The zero-order chi connectivity index (χ0) is 11.7. The molecule has 0 amide bonds. The second kappa shape index (κ2) is 4.79. The average molecular weight is 230 g/mol. The molecule has 1 unspecified atom stereocenters. The van der Waals surface area contributed by atoms with Crippen molar-refractivity contribution in [3.8, 4) is 0 Å². The standard InChI is InChI=1S/C15H22N2/c1-12-4-5-13-9-15(16-10-14(13)8-12)11-17-6-2-3-7-17/h4-5,8,15-16H,2-3,6-7,9-11H2,1H3. The van der Waals surface area contributed by atoms with Crippen LogP contribution in [-0.2, 0) is 13.0 Å². The summed E-state index contributed by atoms with van der Waals surface area (Å²) in [6.07, 6.45) is 3.98. The average Bonchev–Trinajstić information content (AvgIpc) is 2.82. The highest BCUT2D eigenvalue weighted by molar-refractivity contribution is 5.33. The number of likely N-dealkylation sites (tertiary alicyclic amines) is 1. The Balaban J connectivity index is 1.65. The molecule has 3 rings (SSSR count). The molecule has 92 valence electrons. The summed E-state index contributed by atoms with van der Waals surface area (Å²) in [7, 11) is 0. The molecule has 2 heteroatoms. The van der Waals surface area contributed by atoms with E-state index in [0.29, 0.717) is 6.04 Å². The van der Waals surface area contributed by atoms with Crippen molar-refractivity contribution in [3.05, 3.63) is 34.9 Å². The summed E-state index contributed by atoms with van der Waals surface area (Å²) in [6, 6.07) is 7.55. The van der Waals surface area contributed by atoms with E-state index in [1.54, 1.807) is 5.56 Å². The molecule has 0 aliphatic carbocycles. The third-order valence-electron chi connectivity index (χ3n) is 4.09. The van der Waals surface area contributed by atoms with Crippen molar-refractivity contribution in [1.82, 2.24) is 10.2 Å². The zero-order valence-corrected chi connectivity index (χ0v) is 10.7. The minimum atomic E-state index is 0.656. The van der Waals surface area contributed by atoms with Crippen LogP contribution in [0.2, 0.25) is 0 Å². The molecule has 2 aliphatic heterocycles. The topological polar surface area (TPSA) is 15.3 Å². The molecular weight excluding hydrogens is 208 g/mol. The number of benzene rings is 1. The molecule has 1 aromatic carbocycles. The Kier molecular flexibility index (Phi) is 3.17. The van der Waals surface area contributed by atoms with E-state index in [1.807, 2.05) is 0 Å². The van der Waals surface area contributed by atoms with Crippen molar-refractivity contribution in [3.63, 3.8) is 0 Å². The van der Waals surface area contributed by atoms with Crippen LogP contribution in [0.1, 0.15) is 29.5 Å². The van der Waals surface area contributed by atoms with E-state index in [4.69, 9.17) is 0 Å². The Bertz CT molecular complexity index is 394. The molecule has 1 fully saturated rings. The molecule has 1 N–H and O–H groups in total. The maximum Gasteiger partial charge on any atom is 0.0238 e. The number of hydrogen-bond donors (Lipinski definition) is 1. The Morgan fingerprint density at radius 1 is 1.24 bits per heavy atom. The fraction of sp³-hybridized carbons (Fsp3) is 0.600. The first-order valence-corrected chi connectivity index (χ1v) is 6.85. The molecule has 0 saturated carbocycles. The fourth-order valence-corrected chi connectivity index (χ4v) is 3.12. The van der Waals surface area contributed by atoms with Crippen LogP contribution < -0.4 is 5.32 Å². The first kappa shape index (κ1) is 11.2. The normalized spacial score (nSPS) is 24.9. The van der Waals surface area contributed by atoms with Gasteiger partial charge in [0.2, 0.25) is 0 Å². The number of rotatable bonds is 2. The molecule has 2 nitrogen and oxygen atoms in total. The fourth-order valence-electron chi connectivity index (χ4n) is 3.12. The molecule has 0 radical (unpaired) electrons. The quantitative estimate of drug-likeness (QED) is 0.837. The second-order valence-electron chi connectivity index (χ2n) is 5.56. The largest absolute Gasteiger partial charge is 0.308 e. The van der Waals surface area contributed by atoms with Gasteiger partial charge in [-0.1, -0.05) is 23.8 Å². The predicted octanol–water partition coefficient (Wildman–Crippen LogP) is 2.11. The number of nitrogens with one attached hydrogen (secondary N) is 1. The summed E-state index contributed by atoms with van der Waals surface area (Å²) in [4.78, 5) is 2.61. The first-order chi connectivity index (χ1) is 8.31. The monoisotopic (exact) mass is 230 g/mol. The second-order valence-corrected chi connectivity index (χ2v) is 5.56. The Labute approximate surface area is 104 Å². The van der Waals surface area contributed by atoms with Crippen LogP contribution in [0.3, 0.4) is 0 Å². The van der Waals surface area contributed by atoms with Crippen LogP contribution in [0.15, 0.2) is 18.2 Å². The predicted molar refractivity (Wildman–Crippen MR) is 71.2 cm³/mol. The number of fused-ring (bicyclic) bond motifs is 1. The van der Waals surface area contributed by atoms with Crippen molar-refractivity contribution in [2.75, 3.05) is 19.6 Å². The molecule has 2 aliphatic rings. The minimum Gasteiger partial charge on any atom is -0.308 e. The van der Waals surface area contributed by atoms with Gasteiger partial charge in [0, 0.05) is 19.1 Å². The smallest absolute Gasteiger partial charge is 0.0238 e. The maximum atomic E-state index is 3.69. The lowest BCUT2D eigenvalue weighted by molar-refractivity contribution is 0.282. The van der Waals surface area contributed by atoms with Crippen molar-refractivity contribution in [2.24, 2.45) is 0 Å². The number of hydrogen-bond acceptors (Lipinski definition) is 2. The van der Waals surface area contributed by atoms with E-state index < -0.39 is 0 Å². The van der Waals surface area contributed by atoms with Crippen molar-refractivity contribution in [1.29, 1.82) is 0 Å². The van der Waals surface area contributed by atoms with E-state index in [0.717, 1.165) is 6.54 Å². The SMILES string of the molecule is Cc1ccc2c(c1)CNC(CN1CCCC1)C2. The highest BCUT2D eigenvalue weighted by Crippen LogP contribution is 2.19. The molecule has 1 aromatic rings. The van der Waals surface area contributed by atoms with Crippen molar-refractivity contribution >= 4 is 0 Å².